The molecule has 1 saturated heterocycles. The lowest BCUT2D eigenvalue weighted by atomic mass is 10.1. The highest BCUT2D eigenvalue weighted by Crippen LogP contribution is 2.39. The number of hydrogen-bond acceptors (Lipinski definition) is 5. The summed E-state index contributed by atoms with van der Waals surface area (Å²) in [6.45, 7) is 2.68. The van der Waals surface area contributed by atoms with E-state index < -0.39 is 0 Å². The Kier molecular flexibility index (Phi) is 8.00. The van der Waals surface area contributed by atoms with Gasteiger partial charge in [0, 0.05) is 3.57 Å². The fraction of sp³-hybridized carbons (Fsp3) is 0.154. The highest BCUT2D eigenvalue weighted by atomic mass is 127. The highest BCUT2D eigenvalue weighted by molar-refractivity contribution is 14.1. The SMILES string of the molecule is COc1cc(/C=C2\SC(=O)N(Cc3ccc(I)cc3)C2=O)cc(Br)c1OCc1ccc(C)cc1. The molecule has 8 heteroatoms. The quantitative estimate of drug-likeness (QED) is 0.200. The Bertz CT molecular complexity index is 1260. The Balaban J connectivity index is 1.52. The van der Waals surface area contributed by atoms with Crippen molar-refractivity contribution in [1.29, 1.82) is 0 Å². The first kappa shape index (κ1) is 24.8. The van der Waals surface area contributed by atoms with Crippen molar-refractivity contribution in [3.8, 4) is 11.5 Å². The van der Waals surface area contributed by atoms with Gasteiger partial charge in [0.2, 0.25) is 0 Å². The van der Waals surface area contributed by atoms with Crippen LogP contribution in [0.1, 0.15) is 22.3 Å². The van der Waals surface area contributed by atoms with Gasteiger partial charge in [0.15, 0.2) is 11.5 Å². The van der Waals surface area contributed by atoms with Gasteiger partial charge in [0.05, 0.1) is 23.0 Å². The molecule has 0 saturated carbocycles. The van der Waals surface area contributed by atoms with Gasteiger partial charge in [0.25, 0.3) is 11.1 Å². The van der Waals surface area contributed by atoms with Crippen LogP contribution in [0.2, 0.25) is 0 Å². The van der Waals surface area contributed by atoms with E-state index in [9.17, 15) is 9.59 Å². The molecule has 0 bridgehead atoms. The molecule has 174 valence electrons. The van der Waals surface area contributed by atoms with E-state index in [1.54, 1.807) is 19.3 Å². The zero-order valence-corrected chi connectivity index (χ0v) is 23.1. The summed E-state index contributed by atoms with van der Waals surface area (Å²) < 4.78 is 13.4. The molecule has 0 aliphatic carbocycles. The summed E-state index contributed by atoms with van der Waals surface area (Å²) in [5, 5.41) is -0.279. The third-order valence-electron chi connectivity index (χ3n) is 5.18. The Morgan fingerprint density at radius 1 is 1.03 bits per heavy atom. The Morgan fingerprint density at radius 3 is 2.38 bits per heavy atom. The van der Waals surface area contributed by atoms with E-state index >= 15 is 0 Å². The average molecular weight is 650 g/mol. The van der Waals surface area contributed by atoms with Crippen LogP contribution in [-0.4, -0.2) is 23.2 Å². The molecule has 3 aromatic carbocycles. The van der Waals surface area contributed by atoms with E-state index in [2.05, 4.69) is 38.5 Å². The number of hydrogen-bond donors (Lipinski definition) is 0. The summed E-state index contributed by atoms with van der Waals surface area (Å²) >= 11 is 6.72. The number of amides is 2. The van der Waals surface area contributed by atoms with Crippen LogP contribution in [0.15, 0.2) is 70.0 Å². The normalized spacial score (nSPS) is 14.7. The number of rotatable bonds is 7. The topological polar surface area (TPSA) is 55.8 Å². The van der Waals surface area contributed by atoms with E-state index in [4.69, 9.17) is 9.47 Å². The van der Waals surface area contributed by atoms with E-state index in [0.717, 1.165) is 32.0 Å². The molecule has 0 atom stereocenters. The van der Waals surface area contributed by atoms with E-state index in [1.165, 1.54) is 10.5 Å². The predicted octanol–water partition coefficient (Wildman–Crippen LogP) is 7.19. The minimum absolute atomic E-state index is 0.248. The minimum atomic E-state index is -0.302. The van der Waals surface area contributed by atoms with Crippen molar-refractivity contribution in [3.63, 3.8) is 0 Å². The Labute approximate surface area is 224 Å². The van der Waals surface area contributed by atoms with Crippen molar-refractivity contribution in [2.45, 2.75) is 20.1 Å². The molecule has 0 N–H and O–H groups in total. The van der Waals surface area contributed by atoms with Crippen LogP contribution >= 0.6 is 50.3 Å². The number of halogens is 2. The first-order valence-electron chi connectivity index (χ1n) is 10.4. The van der Waals surface area contributed by atoms with Crippen molar-refractivity contribution in [3.05, 3.63) is 95.9 Å². The molecule has 3 aromatic rings. The molecule has 1 aliphatic rings. The summed E-state index contributed by atoms with van der Waals surface area (Å²) in [7, 11) is 1.57. The molecule has 5 nitrogen and oxygen atoms in total. The van der Waals surface area contributed by atoms with Crippen molar-refractivity contribution in [2.24, 2.45) is 0 Å². The smallest absolute Gasteiger partial charge is 0.293 e. The van der Waals surface area contributed by atoms with Gasteiger partial charge >= 0.3 is 0 Å². The summed E-state index contributed by atoms with van der Waals surface area (Å²) in [4.78, 5) is 27.1. The molecule has 1 aliphatic heterocycles. The lowest BCUT2D eigenvalue weighted by Crippen LogP contribution is -2.27. The second-order valence-corrected chi connectivity index (χ2v) is 10.8. The number of carbonyl (C=O) groups excluding carboxylic acids is 2. The highest BCUT2D eigenvalue weighted by Gasteiger charge is 2.35. The second-order valence-electron chi connectivity index (χ2n) is 7.70. The monoisotopic (exact) mass is 649 g/mol. The fourth-order valence-electron chi connectivity index (χ4n) is 3.36. The largest absolute Gasteiger partial charge is 0.493 e. The molecular formula is C26H21BrINO4S. The number of aryl methyl sites for hydroxylation is 1. The number of imide groups is 1. The lowest BCUT2D eigenvalue weighted by Gasteiger charge is -2.14. The van der Waals surface area contributed by atoms with E-state index in [1.807, 2.05) is 61.5 Å². The van der Waals surface area contributed by atoms with Crippen LogP contribution in [0.5, 0.6) is 11.5 Å². The maximum Gasteiger partial charge on any atom is 0.293 e. The summed E-state index contributed by atoms with van der Waals surface area (Å²) in [5.74, 6) is 0.807. The van der Waals surface area contributed by atoms with Crippen molar-refractivity contribution < 1.29 is 19.1 Å². The van der Waals surface area contributed by atoms with E-state index in [0.29, 0.717) is 27.5 Å². The standard InChI is InChI=1S/C26H21BrINO4S/c1-16-3-5-18(6-4-16)15-33-24-21(27)11-19(12-22(24)32-2)13-23-25(30)29(26(31)34-23)14-17-7-9-20(28)10-8-17/h3-13H,14-15H2,1-2H3/b23-13-. The van der Waals surface area contributed by atoms with Crippen LogP contribution in [0.25, 0.3) is 6.08 Å². The molecule has 2 amide bonds. The summed E-state index contributed by atoms with van der Waals surface area (Å²) in [6.07, 6.45) is 1.70. The maximum absolute atomic E-state index is 12.9. The molecule has 1 fully saturated rings. The van der Waals surface area contributed by atoms with Crippen LogP contribution in [-0.2, 0) is 17.9 Å². The van der Waals surface area contributed by atoms with Gasteiger partial charge in [-0.1, -0.05) is 42.0 Å². The number of methoxy groups -OCH3 is 1. The van der Waals surface area contributed by atoms with Crippen molar-refractivity contribution in [2.75, 3.05) is 7.11 Å². The molecule has 0 spiro atoms. The second kappa shape index (κ2) is 11.0. The van der Waals surface area contributed by atoms with Crippen LogP contribution < -0.4 is 9.47 Å². The minimum Gasteiger partial charge on any atom is -0.493 e. The lowest BCUT2D eigenvalue weighted by molar-refractivity contribution is -0.123. The Hall–Kier alpha value is -2.30. The fourth-order valence-corrected chi connectivity index (χ4v) is 5.14. The van der Waals surface area contributed by atoms with Gasteiger partial charge < -0.3 is 9.47 Å². The number of carbonyl (C=O) groups is 2. The molecule has 0 unspecified atom stereocenters. The van der Waals surface area contributed by atoms with Gasteiger partial charge in [-0.25, -0.2) is 0 Å². The van der Waals surface area contributed by atoms with Crippen LogP contribution in [0.4, 0.5) is 4.79 Å². The predicted molar refractivity (Wildman–Crippen MR) is 147 cm³/mol. The third kappa shape index (κ3) is 5.84. The third-order valence-corrected chi connectivity index (χ3v) is 7.40. The van der Waals surface area contributed by atoms with Crippen molar-refractivity contribution >= 4 is 67.5 Å². The summed E-state index contributed by atoms with van der Waals surface area (Å²) in [6, 6.07) is 19.5. The first-order valence-corrected chi connectivity index (χ1v) is 13.1. The van der Waals surface area contributed by atoms with Crippen LogP contribution in [0.3, 0.4) is 0 Å². The maximum atomic E-state index is 12.9. The number of nitrogens with zero attached hydrogens (tertiary/aromatic N) is 1. The molecule has 4 rings (SSSR count). The van der Waals surface area contributed by atoms with Crippen molar-refractivity contribution in [1.82, 2.24) is 4.90 Å². The Morgan fingerprint density at radius 2 is 1.71 bits per heavy atom. The van der Waals surface area contributed by atoms with Crippen LogP contribution in [0, 0.1) is 10.5 Å². The van der Waals surface area contributed by atoms with Gasteiger partial charge in [-0.3, -0.25) is 14.5 Å². The van der Waals surface area contributed by atoms with Gasteiger partial charge in [-0.15, -0.1) is 0 Å². The number of benzene rings is 3. The zero-order chi connectivity index (χ0) is 24.2. The zero-order valence-electron chi connectivity index (χ0n) is 18.5. The van der Waals surface area contributed by atoms with Gasteiger partial charge in [-0.05, 0) is 104 Å². The van der Waals surface area contributed by atoms with Gasteiger partial charge in [-0.2, -0.15) is 0 Å². The number of ether oxygens (including phenoxy) is 2. The van der Waals surface area contributed by atoms with Gasteiger partial charge in [0.1, 0.15) is 6.61 Å². The molecule has 0 radical (unpaired) electrons. The molecule has 0 aromatic heterocycles. The average Bonchev–Trinajstić information content (AvgIpc) is 3.07. The molecule has 1 heterocycles. The molecular weight excluding hydrogens is 629 g/mol. The first-order chi connectivity index (χ1) is 16.3. The molecule has 34 heavy (non-hydrogen) atoms. The summed E-state index contributed by atoms with van der Waals surface area (Å²) in [5.41, 5.74) is 3.87. The number of thioether (sulfide) groups is 1. The van der Waals surface area contributed by atoms with E-state index in [-0.39, 0.29) is 17.7 Å².